The van der Waals surface area contributed by atoms with Gasteiger partial charge in [-0.15, -0.1) is 0 Å². The van der Waals surface area contributed by atoms with E-state index in [9.17, 15) is 8.42 Å². The summed E-state index contributed by atoms with van der Waals surface area (Å²) in [7, 11) is -3.33. The van der Waals surface area contributed by atoms with Crippen molar-refractivity contribution in [3.05, 3.63) is 30.3 Å². The predicted molar refractivity (Wildman–Crippen MR) is 92.2 cm³/mol. The third-order valence-corrected chi connectivity index (χ3v) is 6.84. The van der Waals surface area contributed by atoms with Crippen molar-refractivity contribution in [1.82, 2.24) is 5.32 Å². The van der Waals surface area contributed by atoms with E-state index >= 15 is 0 Å². The summed E-state index contributed by atoms with van der Waals surface area (Å²) in [4.78, 5) is 0. The van der Waals surface area contributed by atoms with Crippen LogP contribution >= 0.6 is 0 Å². The third-order valence-electron chi connectivity index (χ3n) is 4.81. The molecule has 0 unspecified atom stereocenters. The average molecular weight is 338 g/mol. The van der Waals surface area contributed by atoms with E-state index in [-0.39, 0.29) is 17.4 Å². The number of ether oxygens (including phenoxy) is 1. The standard InChI is InChI=1S/C17H26N2O3S/c1-2-12-23(20,21)19(15-6-4-3-5-7-15)16-13-17(22-14-16)8-10-18-11-9-17/h3-7,16,18H,2,8-14H2,1H3/t16-/m1/s1. The summed E-state index contributed by atoms with van der Waals surface area (Å²) < 4.78 is 33.4. The Balaban J connectivity index is 1.88. The first-order chi connectivity index (χ1) is 11.1. The van der Waals surface area contributed by atoms with Gasteiger partial charge < -0.3 is 10.1 Å². The molecule has 2 saturated heterocycles. The van der Waals surface area contributed by atoms with Crippen LogP contribution in [0.4, 0.5) is 5.69 Å². The molecule has 1 aromatic rings. The Bertz CT molecular complexity index is 612. The van der Waals surface area contributed by atoms with Crippen molar-refractivity contribution in [2.24, 2.45) is 0 Å². The molecule has 2 fully saturated rings. The van der Waals surface area contributed by atoms with Gasteiger partial charge in [0.05, 0.1) is 29.7 Å². The molecule has 5 nitrogen and oxygen atoms in total. The Labute approximate surface area is 139 Å². The minimum absolute atomic E-state index is 0.105. The summed E-state index contributed by atoms with van der Waals surface area (Å²) in [5.41, 5.74) is 0.602. The maximum Gasteiger partial charge on any atom is 0.235 e. The van der Waals surface area contributed by atoms with Crippen LogP contribution in [-0.2, 0) is 14.8 Å². The molecule has 3 rings (SSSR count). The first-order valence-corrected chi connectivity index (χ1v) is 10.1. The van der Waals surface area contributed by atoms with E-state index in [4.69, 9.17) is 4.74 Å². The fourth-order valence-electron chi connectivity index (χ4n) is 3.73. The van der Waals surface area contributed by atoms with Crippen molar-refractivity contribution in [1.29, 1.82) is 0 Å². The van der Waals surface area contributed by atoms with Crippen molar-refractivity contribution in [2.45, 2.75) is 44.2 Å². The molecule has 2 aliphatic heterocycles. The zero-order chi connectivity index (χ0) is 16.3. The van der Waals surface area contributed by atoms with Gasteiger partial charge in [-0.25, -0.2) is 8.42 Å². The van der Waals surface area contributed by atoms with Gasteiger partial charge in [0.15, 0.2) is 0 Å². The van der Waals surface area contributed by atoms with E-state index in [0.717, 1.165) is 38.0 Å². The van der Waals surface area contributed by atoms with Gasteiger partial charge in [-0.1, -0.05) is 25.1 Å². The monoisotopic (exact) mass is 338 g/mol. The lowest BCUT2D eigenvalue weighted by Gasteiger charge is -2.34. The van der Waals surface area contributed by atoms with Crippen LogP contribution in [0.3, 0.4) is 0 Å². The van der Waals surface area contributed by atoms with E-state index < -0.39 is 10.0 Å². The molecule has 0 aromatic heterocycles. The van der Waals surface area contributed by atoms with E-state index in [1.165, 1.54) is 0 Å². The molecule has 2 heterocycles. The highest BCUT2D eigenvalue weighted by Gasteiger charge is 2.45. The van der Waals surface area contributed by atoms with E-state index in [1.54, 1.807) is 4.31 Å². The lowest BCUT2D eigenvalue weighted by atomic mass is 9.88. The Morgan fingerprint density at radius 1 is 1.26 bits per heavy atom. The first-order valence-electron chi connectivity index (χ1n) is 8.48. The number of rotatable bonds is 5. The molecule has 1 N–H and O–H groups in total. The number of anilines is 1. The Kier molecular flexibility index (Phi) is 4.94. The topological polar surface area (TPSA) is 58.6 Å². The van der Waals surface area contributed by atoms with Gasteiger partial charge in [0, 0.05) is 6.42 Å². The molecule has 0 saturated carbocycles. The summed E-state index contributed by atoms with van der Waals surface area (Å²) in [6.07, 6.45) is 3.32. The molecule has 0 amide bonds. The Morgan fingerprint density at radius 3 is 2.61 bits per heavy atom. The summed E-state index contributed by atoms with van der Waals surface area (Å²) in [6.45, 7) is 4.28. The van der Waals surface area contributed by atoms with E-state index in [1.807, 2.05) is 37.3 Å². The highest BCUT2D eigenvalue weighted by Crippen LogP contribution is 2.38. The van der Waals surface area contributed by atoms with Crippen LogP contribution < -0.4 is 9.62 Å². The molecule has 0 radical (unpaired) electrons. The minimum Gasteiger partial charge on any atom is -0.373 e. The molecule has 128 valence electrons. The van der Waals surface area contributed by atoms with E-state index in [0.29, 0.717) is 13.0 Å². The maximum absolute atomic E-state index is 12.8. The van der Waals surface area contributed by atoms with Crippen molar-refractivity contribution >= 4 is 15.7 Å². The minimum atomic E-state index is -3.33. The number of nitrogens with one attached hydrogen (secondary N) is 1. The lowest BCUT2D eigenvalue weighted by Crippen LogP contribution is -2.45. The molecular formula is C17H26N2O3S. The predicted octanol–water partition coefficient (Wildman–Crippen LogP) is 2.14. The normalized spacial score (nSPS) is 24.0. The quantitative estimate of drug-likeness (QED) is 0.894. The largest absolute Gasteiger partial charge is 0.373 e. The van der Waals surface area contributed by atoms with Gasteiger partial charge in [-0.2, -0.15) is 0 Å². The van der Waals surface area contributed by atoms with Gasteiger partial charge in [-0.05, 0) is 44.5 Å². The van der Waals surface area contributed by atoms with Crippen molar-refractivity contribution < 1.29 is 13.2 Å². The van der Waals surface area contributed by atoms with Gasteiger partial charge in [0.2, 0.25) is 10.0 Å². The molecule has 1 aromatic carbocycles. The molecule has 0 aliphatic carbocycles. The van der Waals surface area contributed by atoms with Crippen LogP contribution in [-0.4, -0.2) is 45.5 Å². The molecule has 2 aliphatic rings. The molecule has 1 atom stereocenters. The second-order valence-corrected chi connectivity index (χ2v) is 8.51. The second-order valence-electron chi connectivity index (χ2n) is 6.55. The van der Waals surface area contributed by atoms with Crippen LogP contribution in [0.25, 0.3) is 0 Å². The summed E-state index contributed by atoms with van der Waals surface area (Å²) >= 11 is 0. The van der Waals surface area contributed by atoms with Crippen LogP contribution in [0.1, 0.15) is 32.6 Å². The number of sulfonamides is 1. The fourth-order valence-corrected chi connectivity index (χ4v) is 5.48. The smallest absolute Gasteiger partial charge is 0.235 e. The average Bonchev–Trinajstić information content (AvgIpc) is 2.92. The van der Waals surface area contributed by atoms with Crippen LogP contribution in [0, 0.1) is 0 Å². The van der Waals surface area contributed by atoms with Gasteiger partial charge in [-0.3, -0.25) is 4.31 Å². The highest BCUT2D eigenvalue weighted by atomic mass is 32.2. The molecule has 0 bridgehead atoms. The van der Waals surface area contributed by atoms with Gasteiger partial charge in [0.25, 0.3) is 0 Å². The van der Waals surface area contributed by atoms with Crippen molar-refractivity contribution in [3.8, 4) is 0 Å². The third kappa shape index (κ3) is 3.54. The summed E-state index contributed by atoms with van der Waals surface area (Å²) in [5.74, 6) is 0.174. The number of benzene rings is 1. The number of nitrogens with zero attached hydrogens (tertiary/aromatic N) is 1. The number of para-hydroxylation sites is 1. The van der Waals surface area contributed by atoms with Crippen LogP contribution in [0.5, 0.6) is 0 Å². The highest BCUT2D eigenvalue weighted by molar-refractivity contribution is 7.92. The van der Waals surface area contributed by atoms with Crippen LogP contribution in [0.2, 0.25) is 0 Å². The van der Waals surface area contributed by atoms with Gasteiger partial charge in [0.1, 0.15) is 0 Å². The SMILES string of the molecule is CCCS(=O)(=O)N(c1ccccc1)[C@H]1COC2(CCNCC2)C1. The fraction of sp³-hybridized carbons (Fsp3) is 0.647. The maximum atomic E-state index is 12.8. The summed E-state index contributed by atoms with van der Waals surface area (Å²) in [5, 5.41) is 3.35. The second kappa shape index (κ2) is 6.79. The zero-order valence-electron chi connectivity index (χ0n) is 13.7. The molecule has 23 heavy (non-hydrogen) atoms. The molecule has 6 heteroatoms. The number of piperidine rings is 1. The summed E-state index contributed by atoms with van der Waals surface area (Å²) in [6, 6.07) is 9.33. The molecule has 1 spiro atoms. The zero-order valence-corrected chi connectivity index (χ0v) is 14.5. The Morgan fingerprint density at radius 2 is 1.96 bits per heavy atom. The van der Waals surface area contributed by atoms with Crippen molar-refractivity contribution in [3.63, 3.8) is 0 Å². The number of hydrogen-bond acceptors (Lipinski definition) is 4. The van der Waals surface area contributed by atoms with E-state index in [2.05, 4.69) is 5.32 Å². The van der Waals surface area contributed by atoms with Crippen LogP contribution in [0.15, 0.2) is 30.3 Å². The van der Waals surface area contributed by atoms with Crippen molar-refractivity contribution in [2.75, 3.05) is 29.8 Å². The Hall–Kier alpha value is -1.11. The first kappa shape index (κ1) is 16.7. The molecular weight excluding hydrogens is 312 g/mol. The number of hydrogen-bond donors (Lipinski definition) is 1. The van der Waals surface area contributed by atoms with Gasteiger partial charge >= 0.3 is 0 Å². The lowest BCUT2D eigenvalue weighted by molar-refractivity contribution is -0.0192.